The molecular formula is C29H25F4N3O4. The molecule has 0 fully saturated rings. The summed E-state index contributed by atoms with van der Waals surface area (Å²) in [5.74, 6) is -1.14. The molecule has 2 aromatic carbocycles. The highest BCUT2D eigenvalue weighted by Gasteiger charge is 2.57. The van der Waals surface area contributed by atoms with E-state index in [-0.39, 0.29) is 35.3 Å². The van der Waals surface area contributed by atoms with Gasteiger partial charge in [-0.3, -0.25) is 9.78 Å². The molecule has 3 heterocycles. The Morgan fingerprint density at radius 1 is 1.18 bits per heavy atom. The van der Waals surface area contributed by atoms with E-state index in [1.54, 1.807) is 19.2 Å². The minimum absolute atomic E-state index is 0.0252. The number of aromatic nitrogens is 2. The zero-order valence-electron chi connectivity index (χ0n) is 21.8. The lowest BCUT2D eigenvalue weighted by Gasteiger charge is -2.31. The van der Waals surface area contributed by atoms with Crippen LogP contribution in [0.1, 0.15) is 40.0 Å². The first-order chi connectivity index (χ1) is 18.9. The van der Waals surface area contributed by atoms with Crippen LogP contribution in [-0.2, 0) is 5.60 Å². The molecule has 0 radical (unpaired) electrons. The minimum Gasteiger partial charge on any atom is -0.494 e. The van der Waals surface area contributed by atoms with Gasteiger partial charge in [0.25, 0.3) is 5.91 Å². The lowest BCUT2D eigenvalue weighted by Crippen LogP contribution is -2.51. The van der Waals surface area contributed by atoms with E-state index in [4.69, 9.17) is 9.47 Å². The van der Waals surface area contributed by atoms with Crippen LogP contribution in [0.2, 0.25) is 0 Å². The third kappa shape index (κ3) is 4.81. The molecule has 0 saturated carbocycles. The zero-order valence-corrected chi connectivity index (χ0v) is 21.8. The van der Waals surface area contributed by atoms with Gasteiger partial charge in [0.2, 0.25) is 5.60 Å². The normalized spacial score (nSPS) is 16.2. The average Bonchev–Trinajstić information content (AvgIpc) is 3.30. The summed E-state index contributed by atoms with van der Waals surface area (Å²) in [6.45, 7) is 2.56. The molecule has 2 N–H and O–H groups in total. The van der Waals surface area contributed by atoms with Gasteiger partial charge < -0.3 is 19.9 Å². The van der Waals surface area contributed by atoms with Gasteiger partial charge in [0.15, 0.2) is 0 Å². The Balaban J connectivity index is 1.53. The summed E-state index contributed by atoms with van der Waals surface area (Å²) < 4.78 is 68.1. The van der Waals surface area contributed by atoms with Crippen LogP contribution < -0.4 is 14.8 Å². The van der Waals surface area contributed by atoms with Crippen LogP contribution >= 0.6 is 0 Å². The lowest BCUT2D eigenvalue weighted by atomic mass is 9.92. The highest BCUT2D eigenvalue weighted by atomic mass is 19.4. The molecule has 1 aliphatic heterocycles. The van der Waals surface area contributed by atoms with Gasteiger partial charge in [0.05, 0.1) is 26.0 Å². The quantitative estimate of drug-likeness (QED) is 0.309. The van der Waals surface area contributed by atoms with Crippen LogP contribution in [0.25, 0.3) is 22.2 Å². The molecule has 0 aliphatic carbocycles. The van der Waals surface area contributed by atoms with Crippen LogP contribution in [-0.4, -0.2) is 47.4 Å². The third-order valence-electron chi connectivity index (χ3n) is 6.89. The number of fused-ring (bicyclic) bond motifs is 2. The van der Waals surface area contributed by atoms with Gasteiger partial charge in [-0.1, -0.05) is 6.92 Å². The number of halogens is 4. The molecule has 208 valence electrons. The number of aliphatic hydroxyl groups is 1. The fourth-order valence-corrected chi connectivity index (χ4v) is 4.64. The van der Waals surface area contributed by atoms with Gasteiger partial charge in [-0.2, -0.15) is 13.2 Å². The Labute approximate surface area is 226 Å². The molecule has 2 atom stereocenters. The second-order valence-corrected chi connectivity index (χ2v) is 9.80. The molecule has 1 aliphatic rings. The molecule has 1 unspecified atom stereocenters. The summed E-state index contributed by atoms with van der Waals surface area (Å²) in [4.78, 5) is 21.5. The number of methoxy groups -OCH3 is 1. The predicted octanol–water partition coefficient (Wildman–Crippen LogP) is 5.43. The summed E-state index contributed by atoms with van der Waals surface area (Å²) in [5, 5.41) is 13.9. The molecule has 0 spiro atoms. The van der Waals surface area contributed by atoms with Crippen molar-refractivity contribution in [2.45, 2.75) is 31.5 Å². The highest BCUT2D eigenvalue weighted by molar-refractivity contribution is 6.00. The molecule has 2 aromatic heterocycles. The van der Waals surface area contributed by atoms with E-state index in [1.807, 2.05) is 6.92 Å². The van der Waals surface area contributed by atoms with Crippen molar-refractivity contribution in [1.82, 2.24) is 15.3 Å². The monoisotopic (exact) mass is 555 g/mol. The molecule has 0 bridgehead atoms. The second kappa shape index (κ2) is 10.1. The number of alkyl halides is 3. The Bertz CT molecular complexity index is 1610. The molecule has 0 saturated heterocycles. The summed E-state index contributed by atoms with van der Waals surface area (Å²) >= 11 is 0. The van der Waals surface area contributed by atoms with Crippen molar-refractivity contribution >= 4 is 16.8 Å². The molecular weight excluding hydrogens is 530 g/mol. The van der Waals surface area contributed by atoms with Crippen molar-refractivity contribution in [3.8, 4) is 22.8 Å². The SMILES string of the molecule is COc1cc(C(=O)NC[C@](O)(c2cc3c(c(-c4ccc(F)cc4)n2)OCC3C)C(F)(F)F)cc2cc(C)cnc12. The van der Waals surface area contributed by atoms with E-state index in [0.29, 0.717) is 22.0 Å². The number of hydrogen-bond acceptors (Lipinski definition) is 6. The van der Waals surface area contributed by atoms with Crippen LogP contribution in [0.5, 0.6) is 11.5 Å². The summed E-state index contributed by atoms with van der Waals surface area (Å²) in [5.41, 5.74) is -2.17. The van der Waals surface area contributed by atoms with Gasteiger partial charge in [-0.15, -0.1) is 0 Å². The van der Waals surface area contributed by atoms with Crippen molar-refractivity contribution in [3.63, 3.8) is 0 Å². The fourth-order valence-electron chi connectivity index (χ4n) is 4.64. The van der Waals surface area contributed by atoms with E-state index >= 15 is 0 Å². The average molecular weight is 556 g/mol. The topological polar surface area (TPSA) is 93.6 Å². The zero-order chi connectivity index (χ0) is 28.8. The molecule has 5 rings (SSSR count). The number of nitrogens with one attached hydrogen (secondary N) is 1. The molecule has 40 heavy (non-hydrogen) atoms. The summed E-state index contributed by atoms with van der Waals surface area (Å²) in [6.07, 6.45) is -3.59. The van der Waals surface area contributed by atoms with Gasteiger partial charge in [-0.25, -0.2) is 9.37 Å². The summed E-state index contributed by atoms with van der Waals surface area (Å²) in [7, 11) is 1.39. The number of ether oxygens (including phenoxy) is 2. The maximum absolute atomic E-state index is 14.5. The maximum atomic E-state index is 14.5. The second-order valence-electron chi connectivity index (χ2n) is 9.80. The Morgan fingerprint density at radius 2 is 1.90 bits per heavy atom. The van der Waals surface area contributed by atoms with E-state index in [2.05, 4.69) is 15.3 Å². The Hall–Kier alpha value is -4.25. The number of amides is 1. The van der Waals surface area contributed by atoms with Crippen LogP contribution in [0.3, 0.4) is 0 Å². The van der Waals surface area contributed by atoms with E-state index in [0.717, 1.165) is 23.8 Å². The molecule has 4 aromatic rings. The van der Waals surface area contributed by atoms with E-state index < -0.39 is 35.7 Å². The summed E-state index contributed by atoms with van der Waals surface area (Å²) in [6, 6.07) is 10.8. The predicted molar refractivity (Wildman–Crippen MR) is 139 cm³/mol. The van der Waals surface area contributed by atoms with E-state index in [9.17, 15) is 27.5 Å². The van der Waals surface area contributed by atoms with Gasteiger partial charge >= 0.3 is 6.18 Å². The van der Waals surface area contributed by atoms with Crippen molar-refractivity contribution in [2.24, 2.45) is 0 Å². The minimum atomic E-state index is -5.22. The fraction of sp³-hybridized carbons (Fsp3) is 0.276. The largest absolute Gasteiger partial charge is 0.494 e. The number of aryl methyl sites for hydroxylation is 1. The number of benzene rings is 2. The van der Waals surface area contributed by atoms with Crippen LogP contribution in [0.4, 0.5) is 17.6 Å². The smallest absolute Gasteiger partial charge is 0.424 e. The standard InChI is InChI=1S/C29H25F4N3O4/c1-15-8-18-9-19(10-22(39-3)24(18)34-12-15)27(37)35-14-28(38,29(31,32)33)23-11-21-16(2)13-40-26(21)25(36-23)17-4-6-20(30)7-5-17/h4-12,16,38H,13-14H2,1-3H3,(H,35,37)/t16?,28-/m0/s1. The van der Waals surface area contributed by atoms with Crippen molar-refractivity contribution in [1.29, 1.82) is 0 Å². The first kappa shape index (κ1) is 27.3. The Kier molecular flexibility index (Phi) is 6.87. The number of carbonyl (C=O) groups is 1. The highest BCUT2D eigenvalue weighted by Crippen LogP contribution is 2.45. The third-order valence-corrected chi connectivity index (χ3v) is 6.89. The van der Waals surface area contributed by atoms with Crippen molar-refractivity contribution in [3.05, 3.63) is 82.9 Å². The number of pyridine rings is 2. The first-order valence-corrected chi connectivity index (χ1v) is 12.4. The van der Waals surface area contributed by atoms with E-state index in [1.165, 1.54) is 31.4 Å². The molecule has 7 nitrogen and oxygen atoms in total. The van der Waals surface area contributed by atoms with Gasteiger partial charge in [0, 0.05) is 34.2 Å². The van der Waals surface area contributed by atoms with Gasteiger partial charge in [0.1, 0.15) is 28.5 Å². The van der Waals surface area contributed by atoms with Crippen molar-refractivity contribution < 1.29 is 36.9 Å². The molecule has 1 amide bonds. The number of rotatable bonds is 6. The number of carbonyl (C=O) groups excluding carboxylic acids is 1. The molecule has 11 heteroatoms. The van der Waals surface area contributed by atoms with Gasteiger partial charge in [-0.05, 0) is 61.0 Å². The Morgan fingerprint density at radius 3 is 2.58 bits per heavy atom. The maximum Gasteiger partial charge on any atom is 0.424 e. The number of nitrogens with zero attached hydrogens (tertiary/aromatic N) is 2. The van der Waals surface area contributed by atoms with Crippen LogP contribution in [0.15, 0.2) is 54.7 Å². The number of hydrogen-bond donors (Lipinski definition) is 2. The lowest BCUT2D eigenvalue weighted by molar-refractivity contribution is -0.265. The van der Waals surface area contributed by atoms with Crippen molar-refractivity contribution in [2.75, 3.05) is 20.3 Å². The van der Waals surface area contributed by atoms with Crippen LogP contribution in [0, 0.1) is 12.7 Å². The first-order valence-electron chi connectivity index (χ1n) is 12.4.